The molecule has 0 saturated carbocycles. The third kappa shape index (κ3) is 3.19. The number of primary amides is 1. The van der Waals surface area contributed by atoms with Crippen LogP contribution < -0.4 is 5.73 Å². The average Bonchev–Trinajstić information content (AvgIpc) is 2.34. The summed E-state index contributed by atoms with van der Waals surface area (Å²) in [6.45, 7) is 0. The molecule has 0 fully saturated rings. The van der Waals surface area contributed by atoms with Crippen molar-refractivity contribution >= 4 is 40.9 Å². The summed E-state index contributed by atoms with van der Waals surface area (Å²) in [5, 5.41) is 1.20. The SMILES string of the molecule is NC(=O)c1ccc(Sc2ccc(Cl)cc2)c(Cl)c1. The molecule has 0 saturated heterocycles. The van der Waals surface area contributed by atoms with Gasteiger partial charge in [0.25, 0.3) is 0 Å². The summed E-state index contributed by atoms with van der Waals surface area (Å²) < 4.78 is 0. The second-order valence-corrected chi connectivity index (χ2v) is 5.52. The lowest BCUT2D eigenvalue weighted by molar-refractivity contribution is 0.1000. The van der Waals surface area contributed by atoms with Crippen molar-refractivity contribution in [1.29, 1.82) is 0 Å². The number of nitrogens with two attached hydrogens (primary N) is 1. The van der Waals surface area contributed by atoms with E-state index in [4.69, 9.17) is 28.9 Å². The third-order valence-electron chi connectivity index (χ3n) is 2.26. The van der Waals surface area contributed by atoms with Crippen LogP contribution in [0.1, 0.15) is 10.4 Å². The fourth-order valence-corrected chi connectivity index (χ4v) is 2.61. The van der Waals surface area contributed by atoms with Gasteiger partial charge in [0.05, 0.1) is 5.02 Å². The van der Waals surface area contributed by atoms with Gasteiger partial charge in [-0.2, -0.15) is 0 Å². The molecule has 5 heteroatoms. The van der Waals surface area contributed by atoms with Gasteiger partial charge in [0.2, 0.25) is 5.91 Å². The molecule has 0 atom stereocenters. The number of hydrogen-bond acceptors (Lipinski definition) is 2. The summed E-state index contributed by atoms with van der Waals surface area (Å²) in [6.07, 6.45) is 0. The molecule has 0 radical (unpaired) electrons. The van der Waals surface area contributed by atoms with Crippen molar-refractivity contribution in [1.82, 2.24) is 0 Å². The molecular weight excluding hydrogens is 289 g/mol. The first kappa shape index (κ1) is 13.3. The zero-order chi connectivity index (χ0) is 13.1. The second kappa shape index (κ2) is 5.65. The number of benzene rings is 2. The first-order valence-corrected chi connectivity index (χ1v) is 6.66. The van der Waals surface area contributed by atoms with Gasteiger partial charge in [-0.25, -0.2) is 0 Å². The molecule has 0 aliphatic rings. The fourth-order valence-electron chi connectivity index (χ4n) is 1.37. The minimum absolute atomic E-state index is 0.403. The predicted molar refractivity (Wildman–Crippen MR) is 75.5 cm³/mol. The number of carbonyl (C=O) groups is 1. The maximum absolute atomic E-state index is 11.0. The number of halogens is 2. The summed E-state index contributed by atoms with van der Waals surface area (Å²) in [7, 11) is 0. The van der Waals surface area contributed by atoms with Gasteiger partial charge in [-0.3, -0.25) is 4.79 Å². The van der Waals surface area contributed by atoms with Gasteiger partial charge in [0.1, 0.15) is 0 Å². The molecule has 2 aromatic rings. The highest BCUT2D eigenvalue weighted by molar-refractivity contribution is 7.99. The Morgan fingerprint density at radius 1 is 1.06 bits per heavy atom. The quantitative estimate of drug-likeness (QED) is 0.920. The molecule has 92 valence electrons. The Hall–Kier alpha value is -1.16. The van der Waals surface area contributed by atoms with Gasteiger partial charge < -0.3 is 5.73 Å². The monoisotopic (exact) mass is 297 g/mol. The topological polar surface area (TPSA) is 43.1 Å². The summed E-state index contributed by atoms with van der Waals surface area (Å²) in [5.74, 6) is -0.486. The first-order valence-electron chi connectivity index (χ1n) is 5.09. The molecule has 2 aromatic carbocycles. The van der Waals surface area contributed by atoms with Crippen LogP contribution in [0.4, 0.5) is 0 Å². The first-order chi connectivity index (χ1) is 8.56. The smallest absolute Gasteiger partial charge is 0.248 e. The second-order valence-electron chi connectivity index (χ2n) is 3.57. The van der Waals surface area contributed by atoms with E-state index in [0.717, 1.165) is 9.79 Å². The lowest BCUT2D eigenvalue weighted by Gasteiger charge is -2.05. The van der Waals surface area contributed by atoms with E-state index < -0.39 is 5.91 Å². The van der Waals surface area contributed by atoms with Gasteiger partial charge in [-0.15, -0.1) is 0 Å². The van der Waals surface area contributed by atoms with Crippen molar-refractivity contribution in [3.8, 4) is 0 Å². The zero-order valence-electron chi connectivity index (χ0n) is 9.19. The number of rotatable bonds is 3. The fraction of sp³-hybridized carbons (Fsp3) is 0. The van der Waals surface area contributed by atoms with E-state index in [1.807, 2.05) is 24.3 Å². The molecule has 0 spiro atoms. The standard InChI is InChI=1S/C13H9Cl2NOS/c14-9-2-4-10(5-3-9)18-12-6-1-8(13(16)17)7-11(12)15/h1-7H,(H2,16,17). The van der Waals surface area contributed by atoms with E-state index in [9.17, 15) is 4.79 Å². The van der Waals surface area contributed by atoms with Crippen LogP contribution in [-0.2, 0) is 0 Å². The van der Waals surface area contributed by atoms with Crippen LogP contribution in [0.15, 0.2) is 52.3 Å². The maximum atomic E-state index is 11.0. The predicted octanol–water partition coefficient (Wildman–Crippen LogP) is 4.24. The van der Waals surface area contributed by atoms with E-state index in [2.05, 4.69) is 0 Å². The van der Waals surface area contributed by atoms with Crippen molar-refractivity contribution in [2.75, 3.05) is 0 Å². The van der Waals surface area contributed by atoms with Crippen LogP contribution in [-0.4, -0.2) is 5.91 Å². The Morgan fingerprint density at radius 3 is 2.28 bits per heavy atom. The zero-order valence-corrected chi connectivity index (χ0v) is 11.5. The normalized spacial score (nSPS) is 10.3. The van der Waals surface area contributed by atoms with Crippen molar-refractivity contribution in [3.05, 3.63) is 58.1 Å². The summed E-state index contributed by atoms with van der Waals surface area (Å²) >= 11 is 13.4. The van der Waals surface area contributed by atoms with E-state index in [1.165, 1.54) is 11.8 Å². The Balaban J connectivity index is 2.24. The van der Waals surface area contributed by atoms with Crippen LogP contribution >= 0.6 is 35.0 Å². The number of amides is 1. The van der Waals surface area contributed by atoms with Crippen LogP contribution in [0, 0.1) is 0 Å². The summed E-state index contributed by atoms with van der Waals surface area (Å²) in [5.41, 5.74) is 5.59. The Morgan fingerprint density at radius 2 is 1.72 bits per heavy atom. The Labute approximate surface area is 119 Å². The van der Waals surface area contributed by atoms with E-state index >= 15 is 0 Å². The lowest BCUT2D eigenvalue weighted by atomic mass is 10.2. The molecule has 2 N–H and O–H groups in total. The van der Waals surface area contributed by atoms with Gasteiger partial charge in [0.15, 0.2) is 0 Å². The van der Waals surface area contributed by atoms with E-state index in [0.29, 0.717) is 15.6 Å². The molecule has 2 rings (SSSR count). The van der Waals surface area contributed by atoms with E-state index in [1.54, 1.807) is 18.2 Å². The van der Waals surface area contributed by atoms with Crippen LogP contribution in [0.5, 0.6) is 0 Å². The molecule has 2 nitrogen and oxygen atoms in total. The Kier molecular flexibility index (Phi) is 4.17. The van der Waals surface area contributed by atoms with Crippen molar-refractivity contribution in [2.45, 2.75) is 9.79 Å². The van der Waals surface area contributed by atoms with Gasteiger partial charge >= 0.3 is 0 Å². The van der Waals surface area contributed by atoms with Crippen molar-refractivity contribution in [3.63, 3.8) is 0 Å². The molecule has 0 heterocycles. The molecular formula is C13H9Cl2NOS. The molecule has 0 aliphatic carbocycles. The molecule has 18 heavy (non-hydrogen) atoms. The minimum Gasteiger partial charge on any atom is -0.366 e. The highest BCUT2D eigenvalue weighted by Crippen LogP contribution is 2.34. The molecule has 0 aromatic heterocycles. The minimum atomic E-state index is -0.486. The summed E-state index contributed by atoms with van der Waals surface area (Å²) in [4.78, 5) is 12.9. The molecule has 0 unspecified atom stereocenters. The van der Waals surface area contributed by atoms with Gasteiger partial charge in [0, 0.05) is 20.4 Å². The summed E-state index contributed by atoms with van der Waals surface area (Å²) in [6, 6.07) is 12.5. The van der Waals surface area contributed by atoms with Crippen LogP contribution in [0.3, 0.4) is 0 Å². The highest BCUT2D eigenvalue weighted by atomic mass is 35.5. The average molecular weight is 298 g/mol. The Bertz CT molecular complexity index is 584. The number of carbonyl (C=O) groups excluding carboxylic acids is 1. The molecule has 0 aliphatic heterocycles. The van der Waals surface area contributed by atoms with Crippen molar-refractivity contribution < 1.29 is 4.79 Å². The van der Waals surface area contributed by atoms with Gasteiger partial charge in [-0.05, 0) is 42.5 Å². The van der Waals surface area contributed by atoms with Crippen LogP contribution in [0.25, 0.3) is 0 Å². The molecule has 0 bridgehead atoms. The highest BCUT2D eigenvalue weighted by Gasteiger charge is 2.07. The third-order valence-corrected chi connectivity index (χ3v) is 4.02. The largest absolute Gasteiger partial charge is 0.366 e. The van der Waals surface area contributed by atoms with Crippen molar-refractivity contribution in [2.24, 2.45) is 5.73 Å². The lowest BCUT2D eigenvalue weighted by Crippen LogP contribution is -2.10. The molecule has 1 amide bonds. The van der Waals surface area contributed by atoms with E-state index in [-0.39, 0.29) is 0 Å². The number of hydrogen-bond donors (Lipinski definition) is 1. The van der Waals surface area contributed by atoms with Crippen LogP contribution in [0.2, 0.25) is 10.0 Å². The van der Waals surface area contributed by atoms with Gasteiger partial charge in [-0.1, -0.05) is 35.0 Å². The maximum Gasteiger partial charge on any atom is 0.248 e.